The Labute approximate surface area is 179 Å². The van der Waals surface area contributed by atoms with Crippen molar-refractivity contribution in [3.63, 3.8) is 0 Å². The molecule has 152 valence electrons. The Morgan fingerprint density at radius 3 is 1.66 bits per heavy atom. The molecule has 0 bridgehead atoms. The van der Waals surface area contributed by atoms with E-state index in [1.807, 2.05) is 6.07 Å². The van der Waals surface area contributed by atoms with Gasteiger partial charge in [0, 0.05) is 14.6 Å². The first-order valence-corrected chi connectivity index (χ1v) is 12.3. The van der Waals surface area contributed by atoms with Crippen LogP contribution in [-0.4, -0.2) is 13.0 Å². The number of hydrogen-bond donors (Lipinski definition) is 0. The van der Waals surface area contributed by atoms with Gasteiger partial charge in [0.05, 0.1) is 4.75 Å². The van der Waals surface area contributed by atoms with Crippen LogP contribution in [-0.2, 0) is 17.5 Å². The van der Waals surface area contributed by atoms with E-state index in [9.17, 15) is 4.21 Å². The number of nitrogens with zero attached hydrogens (tertiary/aromatic N) is 1. The van der Waals surface area contributed by atoms with Gasteiger partial charge in [-0.25, -0.2) is 4.21 Å². The lowest BCUT2D eigenvalue weighted by Crippen LogP contribution is -2.39. The first-order chi connectivity index (χ1) is 13.8. The van der Waals surface area contributed by atoms with E-state index in [0.29, 0.717) is 6.54 Å². The molecule has 2 nitrogen and oxygen atoms in total. The molecule has 4 heteroatoms. The van der Waals surface area contributed by atoms with Crippen LogP contribution in [0.4, 0.5) is 0 Å². The Morgan fingerprint density at radius 1 is 0.759 bits per heavy atom. The van der Waals surface area contributed by atoms with Gasteiger partial charge in [-0.15, -0.1) is 0 Å². The summed E-state index contributed by atoms with van der Waals surface area (Å²) in [6.07, 6.45) is 0. The molecule has 0 N–H and O–H groups in total. The van der Waals surface area contributed by atoms with E-state index < -0.39 is 19.1 Å². The van der Waals surface area contributed by atoms with Crippen LogP contribution in [0.2, 0.25) is 0 Å². The maximum Gasteiger partial charge on any atom is 0.104 e. The van der Waals surface area contributed by atoms with E-state index in [4.69, 9.17) is 0 Å². The molecule has 3 rings (SSSR count). The largest absolute Gasteiger partial charge is 0.242 e. The summed E-state index contributed by atoms with van der Waals surface area (Å²) in [5.74, 6) is 0. The number of rotatable bonds is 6. The molecule has 1 atom stereocenters. The lowest BCUT2D eigenvalue weighted by Gasteiger charge is -2.36. The van der Waals surface area contributed by atoms with E-state index in [1.165, 1.54) is 27.3 Å². The quantitative estimate of drug-likeness (QED) is 0.472. The molecular formula is C25H30NOPS. The number of benzene rings is 3. The average Bonchev–Trinajstić information content (AvgIpc) is 2.69. The Balaban J connectivity index is 2.21. The molecule has 0 unspecified atom stereocenters. The highest BCUT2D eigenvalue weighted by Gasteiger charge is 2.34. The van der Waals surface area contributed by atoms with Crippen molar-refractivity contribution in [2.24, 2.45) is 0 Å². The van der Waals surface area contributed by atoms with Crippen molar-refractivity contribution in [3.8, 4) is 0 Å². The Hall–Kier alpha value is -1.80. The summed E-state index contributed by atoms with van der Waals surface area (Å²) in [6, 6.07) is 27.4. The van der Waals surface area contributed by atoms with Crippen LogP contribution in [0, 0.1) is 13.8 Å². The van der Waals surface area contributed by atoms with Crippen LogP contribution >= 0.6 is 8.07 Å². The van der Waals surface area contributed by atoms with Gasteiger partial charge in [-0.1, -0.05) is 78.9 Å². The van der Waals surface area contributed by atoms with E-state index >= 15 is 0 Å². The van der Waals surface area contributed by atoms with Crippen LogP contribution in [0.3, 0.4) is 0 Å². The maximum absolute atomic E-state index is 13.8. The van der Waals surface area contributed by atoms with Crippen molar-refractivity contribution in [2.75, 3.05) is 0 Å². The molecule has 0 amide bonds. The molecule has 3 aromatic carbocycles. The third kappa shape index (κ3) is 5.22. The monoisotopic (exact) mass is 423 g/mol. The zero-order valence-electron chi connectivity index (χ0n) is 17.9. The molecule has 0 saturated carbocycles. The Kier molecular flexibility index (Phi) is 7.05. The first kappa shape index (κ1) is 21.9. The molecule has 0 spiro atoms. The van der Waals surface area contributed by atoms with Crippen molar-refractivity contribution in [3.05, 3.63) is 95.6 Å². The van der Waals surface area contributed by atoms with Gasteiger partial charge in [-0.05, 0) is 61.9 Å². The fraction of sp³-hybridized carbons (Fsp3) is 0.280. The molecule has 0 aliphatic rings. The first-order valence-electron chi connectivity index (χ1n) is 9.94. The van der Waals surface area contributed by atoms with E-state index in [0.717, 1.165) is 0 Å². The third-order valence-electron chi connectivity index (χ3n) is 4.79. The molecule has 3 aromatic rings. The topological polar surface area (TPSA) is 20.3 Å². The second-order valence-electron chi connectivity index (χ2n) is 8.24. The highest BCUT2D eigenvalue weighted by molar-refractivity contribution is 7.93. The van der Waals surface area contributed by atoms with Crippen LogP contribution < -0.4 is 10.6 Å². The predicted molar refractivity (Wildman–Crippen MR) is 128 cm³/mol. The normalized spacial score (nSPS) is 13.1. The van der Waals surface area contributed by atoms with E-state index in [-0.39, 0.29) is 4.75 Å². The zero-order chi connectivity index (χ0) is 21.0. The summed E-state index contributed by atoms with van der Waals surface area (Å²) in [6.45, 7) is 11.1. The molecule has 0 aliphatic heterocycles. The van der Waals surface area contributed by atoms with Gasteiger partial charge in [-0.3, -0.25) is 0 Å². The molecule has 0 saturated heterocycles. The van der Waals surface area contributed by atoms with Crippen LogP contribution in [0.5, 0.6) is 0 Å². The molecule has 0 aliphatic carbocycles. The van der Waals surface area contributed by atoms with Gasteiger partial charge in [0.1, 0.15) is 11.0 Å². The zero-order valence-corrected chi connectivity index (χ0v) is 19.6. The third-order valence-corrected chi connectivity index (χ3v) is 9.78. The highest BCUT2D eigenvalue weighted by Crippen LogP contribution is 2.44. The molecule has 29 heavy (non-hydrogen) atoms. The second kappa shape index (κ2) is 9.34. The summed E-state index contributed by atoms with van der Waals surface area (Å²) in [7, 11) is -2.11. The van der Waals surface area contributed by atoms with Gasteiger partial charge in [0.15, 0.2) is 0 Å². The number of hydrogen-bond acceptors (Lipinski definition) is 1. The lowest BCUT2D eigenvalue weighted by molar-refractivity contribution is 0.585. The smallest absolute Gasteiger partial charge is 0.104 e. The Bertz CT molecular complexity index is 936. The standard InChI is InChI=1S/C25H30NOPS/c1-20-13-9-11-17-23(20)28(24-18-12-10-14-21(24)2)26(29(27)25(3,4)5)19-22-15-7-6-8-16-22/h6-18H,19H2,1-5H3/t29-/m1/s1. The fourth-order valence-electron chi connectivity index (χ4n) is 3.23. The van der Waals surface area contributed by atoms with Crippen LogP contribution in [0.25, 0.3) is 0 Å². The second-order valence-corrected chi connectivity index (χ2v) is 12.7. The van der Waals surface area contributed by atoms with Gasteiger partial charge in [-0.2, -0.15) is 4.08 Å². The predicted octanol–water partition coefficient (Wildman–Crippen LogP) is 5.62. The summed E-state index contributed by atoms with van der Waals surface area (Å²) in [4.78, 5) is 0. The van der Waals surface area contributed by atoms with E-state index in [1.54, 1.807) is 0 Å². The molecular weight excluding hydrogens is 393 g/mol. The number of aryl methyl sites for hydroxylation is 2. The van der Waals surface area contributed by atoms with Gasteiger partial charge in [0.2, 0.25) is 0 Å². The Morgan fingerprint density at radius 2 is 1.21 bits per heavy atom. The summed E-state index contributed by atoms with van der Waals surface area (Å²) < 4.78 is 15.7. The van der Waals surface area contributed by atoms with Crippen molar-refractivity contribution >= 4 is 29.7 Å². The SMILES string of the molecule is Cc1ccccc1P(c1ccccc1C)N(Cc1ccccc1)[S@](=O)C(C)(C)C. The molecule has 0 radical (unpaired) electrons. The molecule has 0 aromatic heterocycles. The van der Waals surface area contributed by atoms with E-state index in [2.05, 4.69) is 111 Å². The fourth-order valence-corrected chi connectivity index (χ4v) is 8.30. The van der Waals surface area contributed by atoms with Crippen molar-refractivity contribution in [2.45, 2.75) is 45.9 Å². The minimum atomic E-state index is -1.16. The van der Waals surface area contributed by atoms with Crippen molar-refractivity contribution in [1.29, 1.82) is 0 Å². The van der Waals surface area contributed by atoms with Gasteiger partial charge < -0.3 is 0 Å². The van der Waals surface area contributed by atoms with Gasteiger partial charge in [0.25, 0.3) is 0 Å². The van der Waals surface area contributed by atoms with Crippen LogP contribution in [0.15, 0.2) is 78.9 Å². The molecule has 0 fully saturated rings. The average molecular weight is 424 g/mol. The summed E-state index contributed by atoms with van der Waals surface area (Å²) >= 11 is 0. The highest BCUT2D eigenvalue weighted by atomic mass is 32.2. The van der Waals surface area contributed by atoms with Crippen LogP contribution in [0.1, 0.15) is 37.5 Å². The van der Waals surface area contributed by atoms with Crippen molar-refractivity contribution in [1.82, 2.24) is 4.08 Å². The minimum absolute atomic E-state index is 0.346. The summed E-state index contributed by atoms with van der Waals surface area (Å²) in [5.41, 5.74) is 3.66. The van der Waals surface area contributed by atoms with Gasteiger partial charge >= 0.3 is 0 Å². The minimum Gasteiger partial charge on any atom is -0.242 e. The summed E-state index contributed by atoms with van der Waals surface area (Å²) in [5, 5.41) is 2.54. The maximum atomic E-state index is 13.8. The van der Waals surface area contributed by atoms with Crippen molar-refractivity contribution < 1.29 is 4.21 Å². The molecule has 0 heterocycles. The lowest BCUT2D eigenvalue weighted by atomic mass is 10.2.